The third kappa shape index (κ3) is 3.46. The summed E-state index contributed by atoms with van der Waals surface area (Å²) in [5.41, 5.74) is 5.63. The Morgan fingerprint density at radius 1 is 1.41 bits per heavy atom. The molecule has 0 aliphatic heterocycles. The molecule has 2 N–H and O–H groups in total. The van der Waals surface area contributed by atoms with Crippen molar-refractivity contribution >= 4 is 23.4 Å². The first-order valence-electron chi connectivity index (χ1n) is 5.11. The number of nitrogens with zero attached hydrogens (tertiary/aromatic N) is 2. The summed E-state index contributed by atoms with van der Waals surface area (Å²) < 4.78 is 5.01. The highest BCUT2D eigenvalue weighted by Crippen LogP contribution is 2.23. The summed E-state index contributed by atoms with van der Waals surface area (Å²) in [5.74, 6) is 1.77. The van der Waals surface area contributed by atoms with Crippen LogP contribution >= 0.6 is 23.4 Å². The van der Waals surface area contributed by atoms with Crippen molar-refractivity contribution in [2.75, 3.05) is 0 Å². The van der Waals surface area contributed by atoms with Crippen LogP contribution in [0.25, 0.3) is 0 Å². The summed E-state index contributed by atoms with van der Waals surface area (Å²) in [6.45, 7) is 1.81. The zero-order valence-corrected chi connectivity index (χ0v) is 10.8. The SMILES string of the molecule is C[C@H](N)c1nc(CSc2ccc(Cl)cc2)no1. The Bertz CT molecular complexity index is 484. The fraction of sp³-hybridized carbons (Fsp3) is 0.273. The van der Waals surface area contributed by atoms with Gasteiger partial charge in [-0.05, 0) is 31.2 Å². The van der Waals surface area contributed by atoms with Crippen molar-refractivity contribution in [2.45, 2.75) is 23.6 Å². The zero-order chi connectivity index (χ0) is 12.3. The summed E-state index contributed by atoms with van der Waals surface area (Å²) in [7, 11) is 0. The van der Waals surface area contributed by atoms with Gasteiger partial charge in [0.15, 0.2) is 5.82 Å². The van der Waals surface area contributed by atoms with Crippen LogP contribution in [0.4, 0.5) is 0 Å². The standard InChI is InChI=1S/C11H12ClN3OS/c1-7(13)11-14-10(15-16-11)6-17-9-4-2-8(12)3-5-9/h2-5,7H,6,13H2,1H3/t7-/m0/s1. The zero-order valence-electron chi connectivity index (χ0n) is 9.26. The van der Waals surface area contributed by atoms with E-state index in [1.54, 1.807) is 11.8 Å². The molecule has 1 heterocycles. The van der Waals surface area contributed by atoms with Gasteiger partial charge in [0.1, 0.15) is 0 Å². The second-order valence-corrected chi connectivity index (χ2v) is 5.07. The molecule has 0 aliphatic carbocycles. The molecule has 4 nitrogen and oxygen atoms in total. The highest BCUT2D eigenvalue weighted by atomic mass is 35.5. The first-order valence-corrected chi connectivity index (χ1v) is 6.48. The van der Waals surface area contributed by atoms with Crippen LogP contribution in [-0.2, 0) is 5.75 Å². The van der Waals surface area contributed by atoms with Gasteiger partial charge in [0.25, 0.3) is 0 Å². The quantitative estimate of drug-likeness (QED) is 0.865. The number of nitrogens with two attached hydrogens (primary N) is 1. The van der Waals surface area contributed by atoms with E-state index in [0.717, 1.165) is 9.92 Å². The lowest BCUT2D eigenvalue weighted by Crippen LogP contribution is -2.05. The molecular weight excluding hydrogens is 258 g/mol. The molecule has 2 aromatic rings. The van der Waals surface area contributed by atoms with Crippen LogP contribution in [0.1, 0.15) is 24.7 Å². The fourth-order valence-electron chi connectivity index (χ4n) is 1.19. The van der Waals surface area contributed by atoms with Crippen molar-refractivity contribution in [1.82, 2.24) is 10.1 Å². The van der Waals surface area contributed by atoms with Crippen molar-refractivity contribution in [3.63, 3.8) is 0 Å². The van der Waals surface area contributed by atoms with Crippen LogP contribution in [-0.4, -0.2) is 10.1 Å². The maximum absolute atomic E-state index is 5.80. The van der Waals surface area contributed by atoms with E-state index in [0.29, 0.717) is 17.5 Å². The van der Waals surface area contributed by atoms with Crippen LogP contribution < -0.4 is 5.73 Å². The Morgan fingerprint density at radius 3 is 2.71 bits per heavy atom. The molecule has 0 saturated carbocycles. The average molecular weight is 270 g/mol. The van der Waals surface area contributed by atoms with Crippen LogP contribution in [0, 0.1) is 0 Å². The van der Waals surface area contributed by atoms with Crippen LogP contribution in [0.2, 0.25) is 5.02 Å². The van der Waals surface area contributed by atoms with Gasteiger partial charge in [-0.3, -0.25) is 0 Å². The number of hydrogen-bond donors (Lipinski definition) is 1. The van der Waals surface area contributed by atoms with E-state index in [-0.39, 0.29) is 6.04 Å². The lowest BCUT2D eigenvalue weighted by molar-refractivity contribution is 0.358. The van der Waals surface area contributed by atoms with E-state index >= 15 is 0 Å². The van der Waals surface area contributed by atoms with Crippen molar-refractivity contribution in [1.29, 1.82) is 0 Å². The van der Waals surface area contributed by atoms with Crippen LogP contribution in [0.5, 0.6) is 0 Å². The van der Waals surface area contributed by atoms with E-state index in [1.165, 1.54) is 0 Å². The van der Waals surface area contributed by atoms with E-state index in [4.69, 9.17) is 21.9 Å². The van der Waals surface area contributed by atoms with E-state index < -0.39 is 0 Å². The van der Waals surface area contributed by atoms with Crippen LogP contribution in [0.15, 0.2) is 33.7 Å². The third-order valence-electron chi connectivity index (χ3n) is 2.05. The largest absolute Gasteiger partial charge is 0.338 e. The Balaban J connectivity index is 1.95. The molecule has 0 radical (unpaired) electrons. The maximum Gasteiger partial charge on any atom is 0.243 e. The van der Waals surface area contributed by atoms with Gasteiger partial charge in [-0.2, -0.15) is 4.98 Å². The Labute approximate surface area is 109 Å². The van der Waals surface area contributed by atoms with Crippen molar-refractivity contribution in [3.8, 4) is 0 Å². The molecule has 6 heteroatoms. The predicted molar refractivity (Wildman–Crippen MR) is 67.9 cm³/mol. The molecule has 0 amide bonds. The molecule has 0 unspecified atom stereocenters. The lowest BCUT2D eigenvalue weighted by atomic mass is 10.4. The van der Waals surface area contributed by atoms with Gasteiger partial charge in [0, 0.05) is 9.92 Å². The summed E-state index contributed by atoms with van der Waals surface area (Å²) >= 11 is 7.43. The summed E-state index contributed by atoms with van der Waals surface area (Å²) in [4.78, 5) is 5.31. The lowest BCUT2D eigenvalue weighted by Gasteiger charge is -1.98. The first kappa shape index (κ1) is 12.4. The van der Waals surface area contributed by atoms with Gasteiger partial charge >= 0.3 is 0 Å². The molecule has 0 saturated heterocycles. The second kappa shape index (κ2) is 5.53. The smallest absolute Gasteiger partial charge is 0.243 e. The molecule has 0 bridgehead atoms. The summed E-state index contributed by atoms with van der Waals surface area (Å²) in [6.07, 6.45) is 0. The molecule has 90 valence electrons. The number of halogens is 1. The first-order chi connectivity index (χ1) is 8.15. The fourth-order valence-corrected chi connectivity index (χ4v) is 2.06. The van der Waals surface area contributed by atoms with Gasteiger partial charge in [-0.15, -0.1) is 11.8 Å². The average Bonchev–Trinajstić information content (AvgIpc) is 2.77. The summed E-state index contributed by atoms with van der Waals surface area (Å²) in [6, 6.07) is 7.40. The van der Waals surface area contributed by atoms with Gasteiger partial charge in [0.05, 0.1) is 11.8 Å². The van der Waals surface area contributed by atoms with Gasteiger partial charge < -0.3 is 10.3 Å². The number of rotatable bonds is 4. The molecule has 1 atom stereocenters. The normalized spacial score (nSPS) is 12.6. The molecule has 1 aromatic carbocycles. The molecule has 1 aromatic heterocycles. The van der Waals surface area contributed by atoms with E-state index in [1.807, 2.05) is 31.2 Å². The number of thioether (sulfide) groups is 1. The Morgan fingerprint density at radius 2 is 2.12 bits per heavy atom. The van der Waals surface area contributed by atoms with Crippen LogP contribution in [0.3, 0.4) is 0 Å². The highest BCUT2D eigenvalue weighted by molar-refractivity contribution is 7.98. The minimum atomic E-state index is -0.225. The van der Waals surface area contributed by atoms with Gasteiger partial charge in [-0.25, -0.2) is 0 Å². The van der Waals surface area contributed by atoms with E-state index in [2.05, 4.69) is 10.1 Å². The minimum absolute atomic E-state index is 0.225. The Hall–Kier alpha value is -1.04. The van der Waals surface area contributed by atoms with Gasteiger partial charge in [-0.1, -0.05) is 16.8 Å². The van der Waals surface area contributed by atoms with Crippen molar-refractivity contribution < 1.29 is 4.52 Å². The molecular formula is C11H12ClN3OS. The number of benzene rings is 1. The topological polar surface area (TPSA) is 64.9 Å². The predicted octanol–water partition coefficient (Wildman–Crippen LogP) is 3.04. The summed E-state index contributed by atoms with van der Waals surface area (Å²) in [5, 5.41) is 4.59. The molecule has 2 rings (SSSR count). The van der Waals surface area contributed by atoms with Crippen molar-refractivity contribution in [2.24, 2.45) is 5.73 Å². The second-order valence-electron chi connectivity index (χ2n) is 3.58. The third-order valence-corrected chi connectivity index (χ3v) is 3.31. The minimum Gasteiger partial charge on any atom is -0.338 e. The maximum atomic E-state index is 5.80. The molecule has 0 fully saturated rings. The molecule has 0 spiro atoms. The monoisotopic (exact) mass is 269 g/mol. The molecule has 0 aliphatic rings. The van der Waals surface area contributed by atoms with Crippen molar-refractivity contribution in [3.05, 3.63) is 41.0 Å². The number of hydrogen-bond acceptors (Lipinski definition) is 5. The Kier molecular flexibility index (Phi) is 4.04. The van der Waals surface area contributed by atoms with Gasteiger partial charge in [0.2, 0.25) is 5.89 Å². The highest BCUT2D eigenvalue weighted by Gasteiger charge is 2.10. The number of aromatic nitrogens is 2. The van der Waals surface area contributed by atoms with E-state index in [9.17, 15) is 0 Å². The molecule has 17 heavy (non-hydrogen) atoms.